The lowest BCUT2D eigenvalue weighted by molar-refractivity contribution is -0.134. The van der Waals surface area contributed by atoms with Crippen molar-refractivity contribution in [3.05, 3.63) is 0 Å². The van der Waals surface area contributed by atoms with Gasteiger partial charge < -0.3 is 20.1 Å². The first-order valence-corrected chi connectivity index (χ1v) is 6.02. The van der Waals surface area contributed by atoms with E-state index >= 15 is 0 Å². The molecule has 0 spiro atoms. The fourth-order valence-corrected chi connectivity index (χ4v) is 1.44. The summed E-state index contributed by atoms with van der Waals surface area (Å²) in [4.78, 5) is 11.6. The molecule has 0 aromatic rings. The van der Waals surface area contributed by atoms with Crippen molar-refractivity contribution in [2.75, 3.05) is 39.5 Å². The van der Waals surface area contributed by atoms with Gasteiger partial charge in [0.15, 0.2) is 0 Å². The molecule has 5 nitrogen and oxygen atoms in total. The summed E-state index contributed by atoms with van der Waals surface area (Å²) in [6, 6.07) is 0. The first kappa shape index (κ1) is 16.6. The van der Waals surface area contributed by atoms with E-state index < -0.39 is 0 Å². The number of halogens is 1. The summed E-state index contributed by atoms with van der Waals surface area (Å²) >= 11 is 0. The zero-order valence-corrected chi connectivity index (χ0v) is 11.2. The fraction of sp³-hybridized carbons (Fsp3) is 0.909. The molecule has 6 heteroatoms. The van der Waals surface area contributed by atoms with Gasteiger partial charge in [-0.05, 0) is 6.42 Å². The molecule has 0 bridgehead atoms. The molecule has 1 saturated heterocycles. The third-order valence-corrected chi connectivity index (χ3v) is 2.41. The normalized spacial score (nSPS) is 19.5. The molecule has 102 valence electrons. The molecule has 0 aliphatic carbocycles. The minimum Gasteiger partial charge on any atom is -0.380 e. The molecule has 1 atom stereocenters. The number of hydrogen-bond donors (Lipinski definition) is 2. The van der Waals surface area contributed by atoms with Crippen LogP contribution in [-0.4, -0.2) is 51.5 Å². The quantitative estimate of drug-likeness (QED) is 0.652. The number of morpholine rings is 1. The average Bonchev–Trinajstić information content (AvgIpc) is 2.34. The Morgan fingerprint density at radius 2 is 2.35 bits per heavy atom. The lowest BCUT2D eigenvalue weighted by atomic mass is 10.3. The predicted octanol–water partition coefficient (Wildman–Crippen LogP) is 0.330. The van der Waals surface area contributed by atoms with Crippen LogP contribution in [0, 0.1) is 0 Å². The summed E-state index contributed by atoms with van der Waals surface area (Å²) in [5.74, 6) is -0.0497. The summed E-state index contributed by atoms with van der Waals surface area (Å²) in [7, 11) is 0. The molecule has 0 saturated carbocycles. The maximum absolute atomic E-state index is 11.6. The lowest BCUT2D eigenvalue weighted by Crippen LogP contribution is -2.48. The number of amides is 1. The number of carbonyl (C=O) groups is 1. The average molecular weight is 267 g/mol. The zero-order valence-electron chi connectivity index (χ0n) is 10.4. The van der Waals surface area contributed by atoms with Crippen LogP contribution in [0.4, 0.5) is 0 Å². The monoisotopic (exact) mass is 266 g/mol. The maximum Gasteiger partial charge on any atom is 0.250 e. The van der Waals surface area contributed by atoms with Crippen molar-refractivity contribution < 1.29 is 14.3 Å². The second kappa shape index (κ2) is 10.8. The molecular formula is C11H23ClN2O3. The van der Waals surface area contributed by atoms with Crippen LogP contribution in [0.2, 0.25) is 0 Å². The number of rotatable bonds is 7. The number of carbonyl (C=O) groups excluding carboxylic acids is 1. The molecule has 2 N–H and O–H groups in total. The van der Waals surface area contributed by atoms with Crippen molar-refractivity contribution in [1.82, 2.24) is 10.6 Å². The van der Waals surface area contributed by atoms with Crippen molar-refractivity contribution in [1.29, 1.82) is 0 Å². The Morgan fingerprint density at radius 3 is 3.00 bits per heavy atom. The smallest absolute Gasteiger partial charge is 0.250 e. The molecule has 1 unspecified atom stereocenters. The van der Waals surface area contributed by atoms with Crippen LogP contribution in [0.5, 0.6) is 0 Å². The highest BCUT2D eigenvalue weighted by Gasteiger charge is 2.20. The second-order valence-electron chi connectivity index (χ2n) is 3.82. The maximum atomic E-state index is 11.6. The molecule has 0 aromatic heterocycles. The first-order chi connectivity index (χ1) is 7.84. The molecule has 1 aliphatic rings. The number of hydrogen-bond acceptors (Lipinski definition) is 4. The Balaban J connectivity index is 0.00000256. The van der Waals surface area contributed by atoms with Crippen LogP contribution >= 0.6 is 12.4 Å². The Labute approximate surface area is 109 Å². The highest BCUT2D eigenvalue weighted by atomic mass is 35.5. The number of nitrogens with one attached hydrogen (secondary N) is 2. The Bertz CT molecular complexity index is 199. The second-order valence-corrected chi connectivity index (χ2v) is 3.82. The van der Waals surface area contributed by atoms with Gasteiger partial charge in [0, 0.05) is 26.2 Å². The lowest BCUT2D eigenvalue weighted by Gasteiger charge is -2.22. The van der Waals surface area contributed by atoms with Gasteiger partial charge in [0.25, 0.3) is 5.91 Å². The standard InChI is InChI=1S/C11H22N2O3.ClH/c1-2-3-6-15-7-5-13-11(14)10-9-12-4-8-16-10;/h10,12H,2-9H2,1H3,(H,13,14);1H. The Morgan fingerprint density at radius 1 is 1.53 bits per heavy atom. The van der Waals surface area contributed by atoms with Gasteiger partial charge >= 0.3 is 0 Å². The zero-order chi connectivity index (χ0) is 11.6. The van der Waals surface area contributed by atoms with Crippen LogP contribution < -0.4 is 10.6 Å². The highest BCUT2D eigenvalue weighted by Crippen LogP contribution is 1.95. The Kier molecular flexibility index (Phi) is 10.5. The molecule has 1 aliphatic heterocycles. The minimum absolute atomic E-state index is 0. The van der Waals surface area contributed by atoms with Gasteiger partial charge in [0.2, 0.25) is 0 Å². The van der Waals surface area contributed by atoms with E-state index in [1.165, 1.54) is 0 Å². The fourth-order valence-electron chi connectivity index (χ4n) is 1.44. The van der Waals surface area contributed by atoms with Gasteiger partial charge in [-0.25, -0.2) is 0 Å². The highest BCUT2D eigenvalue weighted by molar-refractivity contribution is 5.85. The van der Waals surface area contributed by atoms with E-state index in [4.69, 9.17) is 9.47 Å². The van der Waals surface area contributed by atoms with E-state index in [-0.39, 0.29) is 24.4 Å². The van der Waals surface area contributed by atoms with Gasteiger partial charge in [-0.3, -0.25) is 4.79 Å². The van der Waals surface area contributed by atoms with E-state index in [1.54, 1.807) is 0 Å². The first-order valence-electron chi connectivity index (χ1n) is 6.02. The van der Waals surface area contributed by atoms with Crippen molar-refractivity contribution in [3.63, 3.8) is 0 Å². The Hall–Kier alpha value is -0.360. The van der Waals surface area contributed by atoms with Crippen LogP contribution in [0.25, 0.3) is 0 Å². The SMILES string of the molecule is CCCCOCCNC(=O)C1CNCCO1.Cl. The van der Waals surface area contributed by atoms with Gasteiger partial charge in [-0.15, -0.1) is 12.4 Å². The van der Waals surface area contributed by atoms with Crippen LogP contribution in [0.3, 0.4) is 0 Å². The molecule has 1 amide bonds. The molecule has 0 aromatic carbocycles. The third-order valence-electron chi connectivity index (χ3n) is 2.41. The van der Waals surface area contributed by atoms with Crippen molar-refractivity contribution in [3.8, 4) is 0 Å². The van der Waals surface area contributed by atoms with E-state index in [9.17, 15) is 4.79 Å². The summed E-state index contributed by atoms with van der Waals surface area (Å²) in [6.07, 6.45) is 1.86. The van der Waals surface area contributed by atoms with Gasteiger partial charge in [0.05, 0.1) is 13.2 Å². The number of unbranched alkanes of at least 4 members (excludes halogenated alkanes) is 1. The summed E-state index contributed by atoms with van der Waals surface area (Å²) in [6.45, 7) is 6.05. The topological polar surface area (TPSA) is 59.6 Å². The molecule has 0 radical (unpaired) electrons. The van der Waals surface area contributed by atoms with Crippen LogP contribution in [0.15, 0.2) is 0 Å². The van der Waals surface area contributed by atoms with Crippen molar-refractivity contribution in [2.24, 2.45) is 0 Å². The molecule has 1 heterocycles. The van der Waals surface area contributed by atoms with E-state index in [0.29, 0.717) is 26.3 Å². The van der Waals surface area contributed by atoms with Crippen molar-refractivity contribution >= 4 is 18.3 Å². The predicted molar refractivity (Wildman–Crippen MR) is 68.6 cm³/mol. The third kappa shape index (κ3) is 7.54. The molecule has 1 fully saturated rings. The van der Waals surface area contributed by atoms with Gasteiger partial charge in [-0.1, -0.05) is 13.3 Å². The van der Waals surface area contributed by atoms with Gasteiger partial charge in [0.1, 0.15) is 6.10 Å². The molecular weight excluding hydrogens is 244 g/mol. The largest absolute Gasteiger partial charge is 0.380 e. The van der Waals surface area contributed by atoms with E-state index in [1.807, 2.05) is 0 Å². The summed E-state index contributed by atoms with van der Waals surface area (Å²) in [5.41, 5.74) is 0. The number of ether oxygens (including phenoxy) is 2. The van der Waals surface area contributed by atoms with E-state index in [0.717, 1.165) is 26.0 Å². The van der Waals surface area contributed by atoms with Crippen LogP contribution in [0.1, 0.15) is 19.8 Å². The van der Waals surface area contributed by atoms with Gasteiger partial charge in [-0.2, -0.15) is 0 Å². The summed E-state index contributed by atoms with van der Waals surface area (Å²) in [5, 5.41) is 5.92. The van der Waals surface area contributed by atoms with Crippen molar-refractivity contribution in [2.45, 2.75) is 25.9 Å². The van der Waals surface area contributed by atoms with Crippen LogP contribution in [-0.2, 0) is 14.3 Å². The molecule has 1 rings (SSSR count). The minimum atomic E-state index is -0.343. The molecule has 17 heavy (non-hydrogen) atoms. The summed E-state index contributed by atoms with van der Waals surface area (Å²) < 4.78 is 10.7. The van der Waals surface area contributed by atoms with E-state index in [2.05, 4.69) is 17.6 Å².